The van der Waals surface area contributed by atoms with Gasteiger partial charge in [0.2, 0.25) is 0 Å². The largest absolute Gasteiger partial charge is 0.345 e. The number of rotatable bonds is 4. The zero-order chi connectivity index (χ0) is 15.9. The van der Waals surface area contributed by atoms with Gasteiger partial charge in [0.05, 0.1) is 6.04 Å². The van der Waals surface area contributed by atoms with Crippen molar-refractivity contribution >= 4 is 11.8 Å². The summed E-state index contributed by atoms with van der Waals surface area (Å²) in [4.78, 5) is 24.0. The maximum absolute atomic E-state index is 12.0. The van der Waals surface area contributed by atoms with E-state index in [0.29, 0.717) is 0 Å². The topological polar surface area (TPSA) is 58.2 Å². The molecule has 2 N–H and O–H groups in total. The van der Waals surface area contributed by atoms with Crippen molar-refractivity contribution in [2.75, 3.05) is 0 Å². The van der Waals surface area contributed by atoms with Gasteiger partial charge < -0.3 is 10.6 Å². The molecule has 1 atom stereocenters. The van der Waals surface area contributed by atoms with Crippen LogP contribution in [0.15, 0.2) is 24.3 Å². The first-order valence-electron chi connectivity index (χ1n) is 8.30. The van der Waals surface area contributed by atoms with Crippen LogP contribution in [0.25, 0.3) is 0 Å². The van der Waals surface area contributed by atoms with E-state index in [-0.39, 0.29) is 12.1 Å². The minimum absolute atomic E-state index is 0.158. The monoisotopic (exact) mass is 302 g/mol. The average molecular weight is 302 g/mol. The van der Waals surface area contributed by atoms with Crippen LogP contribution in [0.5, 0.6) is 0 Å². The number of aryl methyl sites for hydroxylation is 1. The highest BCUT2D eigenvalue weighted by Gasteiger charge is 2.21. The Morgan fingerprint density at radius 2 is 1.73 bits per heavy atom. The molecule has 120 valence electrons. The van der Waals surface area contributed by atoms with E-state index in [2.05, 4.69) is 29.7 Å². The van der Waals surface area contributed by atoms with E-state index >= 15 is 0 Å². The van der Waals surface area contributed by atoms with Gasteiger partial charge in [-0.05, 0) is 37.3 Å². The van der Waals surface area contributed by atoms with Crippen molar-refractivity contribution in [3.8, 4) is 0 Å². The number of benzene rings is 1. The van der Waals surface area contributed by atoms with Crippen molar-refractivity contribution in [3.63, 3.8) is 0 Å². The summed E-state index contributed by atoms with van der Waals surface area (Å²) in [5, 5.41) is 5.61. The smallest absolute Gasteiger partial charge is 0.309 e. The lowest BCUT2D eigenvalue weighted by molar-refractivity contribution is -0.140. The predicted octanol–water partition coefficient (Wildman–Crippen LogP) is 2.88. The molecule has 0 aromatic heterocycles. The maximum atomic E-state index is 12.0. The van der Waals surface area contributed by atoms with Gasteiger partial charge in [0.25, 0.3) is 0 Å². The number of hydrogen-bond acceptors (Lipinski definition) is 2. The molecule has 2 rings (SSSR count). The van der Waals surface area contributed by atoms with E-state index in [1.807, 2.05) is 19.1 Å². The predicted molar refractivity (Wildman–Crippen MR) is 87.4 cm³/mol. The molecule has 1 unspecified atom stereocenters. The normalized spacial score (nSPS) is 16.8. The number of carbonyl (C=O) groups is 2. The molecule has 0 spiro atoms. The van der Waals surface area contributed by atoms with Crippen molar-refractivity contribution < 1.29 is 9.59 Å². The second-order valence-electron chi connectivity index (χ2n) is 6.10. The Hall–Kier alpha value is -1.84. The van der Waals surface area contributed by atoms with Gasteiger partial charge in [-0.2, -0.15) is 0 Å². The lowest BCUT2D eigenvalue weighted by Gasteiger charge is -2.23. The molecule has 0 heterocycles. The van der Waals surface area contributed by atoms with Crippen LogP contribution in [0.1, 0.15) is 63.1 Å². The standard InChI is InChI=1S/C18H26N2O2/c1-3-14-9-11-15(12-10-14)13(2)19-17(21)18(22)20-16-7-5-4-6-8-16/h9-13,16H,3-8H2,1-2H3,(H,19,21)(H,20,22). The molecule has 4 heteroatoms. The fraction of sp³-hybridized carbons (Fsp3) is 0.556. The SMILES string of the molecule is CCc1ccc(C(C)NC(=O)C(=O)NC2CCCCC2)cc1. The first-order chi connectivity index (χ1) is 10.6. The second-order valence-corrected chi connectivity index (χ2v) is 6.10. The van der Waals surface area contributed by atoms with Crippen molar-refractivity contribution in [1.82, 2.24) is 10.6 Å². The van der Waals surface area contributed by atoms with Gasteiger partial charge in [0, 0.05) is 6.04 Å². The Balaban J connectivity index is 1.85. The van der Waals surface area contributed by atoms with Crippen LogP contribution in [0.4, 0.5) is 0 Å². The lowest BCUT2D eigenvalue weighted by atomic mass is 9.95. The van der Waals surface area contributed by atoms with E-state index < -0.39 is 11.8 Å². The average Bonchev–Trinajstić information content (AvgIpc) is 2.55. The fourth-order valence-corrected chi connectivity index (χ4v) is 2.89. The second kappa shape index (κ2) is 7.97. The third-order valence-electron chi connectivity index (χ3n) is 4.38. The van der Waals surface area contributed by atoms with E-state index in [4.69, 9.17) is 0 Å². The maximum Gasteiger partial charge on any atom is 0.309 e. The van der Waals surface area contributed by atoms with E-state index in [1.54, 1.807) is 0 Å². The molecule has 1 fully saturated rings. The van der Waals surface area contributed by atoms with E-state index in [9.17, 15) is 9.59 Å². The Labute approximate surface area is 132 Å². The first kappa shape index (κ1) is 16.5. The van der Waals surface area contributed by atoms with Gasteiger partial charge in [0.15, 0.2) is 0 Å². The molecular formula is C18H26N2O2. The first-order valence-corrected chi connectivity index (χ1v) is 8.30. The van der Waals surface area contributed by atoms with Crippen LogP contribution in [0.3, 0.4) is 0 Å². The highest BCUT2D eigenvalue weighted by Crippen LogP contribution is 2.17. The molecular weight excluding hydrogens is 276 g/mol. The fourth-order valence-electron chi connectivity index (χ4n) is 2.89. The number of amides is 2. The van der Waals surface area contributed by atoms with Gasteiger partial charge in [-0.1, -0.05) is 50.5 Å². The summed E-state index contributed by atoms with van der Waals surface area (Å²) in [6, 6.07) is 8.10. The zero-order valence-corrected chi connectivity index (χ0v) is 13.5. The summed E-state index contributed by atoms with van der Waals surface area (Å²) in [6.07, 6.45) is 6.44. The van der Waals surface area contributed by atoms with Gasteiger partial charge >= 0.3 is 11.8 Å². The van der Waals surface area contributed by atoms with Gasteiger partial charge in [-0.3, -0.25) is 9.59 Å². The molecule has 1 aliphatic rings. The van der Waals surface area contributed by atoms with E-state index in [0.717, 1.165) is 37.7 Å². The van der Waals surface area contributed by atoms with E-state index in [1.165, 1.54) is 12.0 Å². The van der Waals surface area contributed by atoms with Gasteiger partial charge in [0.1, 0.15) is 0 Å². The third-order valence-corrected chi connectivity index (χ3v) is 4.38. The molecule has 4 nitrogen and oxygen atoms in total. The Kier molecular flexibility index (Phi) is 5.99. The van der Waals surface area contributed by atoms with Crippen LogP contribution in [-0.4, -0.2) is 17.9 Å². The molecule has 1 aromatic rings. The quantitative estimate of drug-likeness (QED) is 0.840. The number of hydrogen-bond donors (Lipinski definition) is 2. The molecule has 0 radical (unpaired) electrons. The molecule has 0 bridgehead atoms. The van der Waals surface area contributed by atoms with Crippen LogP contribution in [-0.2, 0) is 16.0 Å². The summed E-state index contributed by atoms with van der Waals surface area (Å²) in [6.45, 7) is 4.00. The van der Waals surface area contributed by atoms with Crippen LogP contribution in [0, 0.1) is 0 Å². The van der Waals surface area contributed by atoms with Crippen molar-refractivity contribution in [1.29, 1.82) is 0 Å². The molecule has 0 aliphatic heterocycles. The molecule has 2 amide bonds. The van der Waals surface area contributed by atoms with Crippen molar-refractivity contribution in [3.05, 3.63) is 35.4 Å². The Morgan fingerprint density at radius 3 is 2.32 bits per heavy atom. The summed E-state index contributed by atoms with van der Waals surface area (Å²) in [7, 11) is 0. The highest BCUT2D eigenvalue weighted by molar-refractivity contribution is 6.35. The molecule has 1 aromatic carbocycles. The summed E-state index contributed by atoms with van der Waals surface area (Å²) in [5.41, 5.74) is 2.27. The summed E-state index contributed by atoms with van der Waals surface area (Å²) in [5.74, 6) is -1.05. The summed E-state index contributed by atoms with van der Waals surface area (Å²) >= 11 is 0. The van der Waals surface area contributed by atoms with Gasteiger partial charge in [-0.15, -0.1) is 0 Å². The summed E-state index contributed by atoms with van der Waals surface area (Å²) < 4.78 is 0. The third kappa shape index (κ3) is 4.58. The molecule has 1 aliphatic carbocycles. The number of nitrogens with one attached hydrogen (secondary N) is 2. The molecule has 22 heavy (non-hydrogen) atoms. The Morgan fingerprint density at radius 1 is 1.09 bits per heavy atom. The lowest BCUT2D eigenvalue weighted by Crippen LogP contribution is -2.45. The van der Waals surface area contributed by atoms with Crippen molar-refractivity contribution in [2.45, 2.75) is 64.5 Å². The Bertz CT molecular complexity index is 504. The zero-order valence-electron chi connectivity index (χ0n) is 13.5. The molecule has 1 saturated carbocycles. The van der Waals surface area contributed by atoms with Crippen LogP contribution in [0.2, 0.25) is 0 Å². The van der Waals surface area contributed by atoms with Crippen LogP contribution >= 0.6 is 0 Å². The minimum Gasteiger partial charge on any atom is -0.345 e. The highest BCUT2D eigenvalue weighted by atomic mass is 16.2. The number of carbonyl (C=O) groups excluding carboxylic acids is 2. The molecule has 0 saturated heterocycles. The van der Waals surface area contributed by atoms with Crippen LogP contribution < -0.4 is 10.6 Å². The van der Waals surface area contributed by atoms with Crippen molar-refractivity contribution in [2.24, 2.45) is 0 Å². The van der Waals surface area contributed by atoms with Gasteiger partial charge in [-0.25, -0.2) is 0 Å². The minimum atomic E-state index is -0.544.